The fourth-order valence-corrected chi connectivity index (χ4v) is 2.99. The number of fused-ring (bicyclic) bond motifs is 1. The lowest BCUT2D eigenvalue weighted by Crippen LogP contribution is -2.23. The monoisotopic (exact) mass is 376 g/mol. The van der Waals surface area contributed by atoms with Gasteiger partial charge in [0.2, 0.25) is 5.88 Å². The number of benzene rings is 2. The van der Waals surface area contributed by atoms with Crippen LogP contribution >= 0.6 is 0 Å². The van der Waals surface area contributed by atoms with Crippen molar-refractivity contribution in [2.45, 2.75) is 6.54 Å². The van der Waals surface area contributed by atoms with Crippen molar-refractivity contribution in [3.8, 4) is 11.6 Å². The summed E-state index contributed by atoms with van der Waals surface area (Å²) in [5.74, 6) is -0.0255. The first-order valence-corrected chi connectivity index (χ1v) is 8.65. The molecule has 0 saturated heterocycles. The second kappa shape index (κ2) is 7.48. The third-order valence-electron chi connectivity index (χ3n) is 4.39. The molecule has 0 aliphatic rings. The third kappa shape index (κ3) is 3.42. The molecule has 0 aliphatic heterocycles. The number of methoxy groups -OCH3 is 1. The van der Waals surface area contributed by atoms with Crippen LogP contribution in [0.25, 0.3) is 16.6 Å². The van der Waals surface area contributed by atoms with Crippen LogP contribution in [0.2, 0.25) is 0 Å². The summed E-state index contributed by atoms with van der Waals surface area (Å²) in [6.45, 7) is 0.347. The number of ether oxygens (including phenoxy) is 1. The Balaban J connectivity index is 1.60. The van der Waals surface area contributed by atoms with E-state index in [9.17, 15) is 9.18 Å². The molecule has 2 aromatic heterocycles. The normalized spacial score (nSPS) is 10.8. The average Bonchev–Trinajstić information content (AvgIpc) is 3.17. The molecule has 140 valence electrons. The molecule has 2 aromatic carbocycles. The van der Waals surface area contributed by atoms with E-state index in [1.54, 1.807) is 54.5 Å². The lowest BCUT2D eigenvalue weighted by Gasteiger charge is -2.08. The van der Waals surface area contributed by atoms with Gasteiger partial charge in [0.05, 0.1) is 30.1 Å². The fraction of sp³-hybridized carbons (Fsp3) is 0.0952. The van der Waals surface area contributed by atoms with Gasteiger partial charge >= 0.3 is 0 Å². The van der Waals surface area contributed by atoms with Crippen LogP contribution in [0.4, 0.5) is 4.39 Å². The molecule has 4 aromatic rings. The van der Waals surface area contributed by atoms with Gasteiger partial charge in [-0.25, -0.2) is 14.1 Å². The summed E-state index contributed by atoms with van der Waals surface area (Å²) >= 11 is 0. The van der Waals surface area contributed by atoms with Gasteiger partial charge in [-0.1, -0.05) is 6.07 Å². The molecule has 4 rings (SSSR count). The maximum atomic E-state index is 13.2. The van der Waals surface area contributed by atoms with Gasteiger partial charge in [-0.3, -0.25) is 4.79 Å². The Morgan fingerprint density at radius 1 is 1.18 bits per heavy atom. The van der Waals surface area contributed by atoms with E-state index in [0.29, 0.717) is 18.0 Å². The highest BCUT2D eigenvalue weighted by molar-refractivity contribution is 6.06. The Hall–Kier alpha value is -3.74. The highest BCUT2D eigenvalue weighted by atomic mass is 19.1. The van der Waals surface area contributed by atoms with E-state index in [-0.39, 0.29) is 11.7 Å². The lowest BCUT2D eigenvalue weighted by atomic mass is 10.1. The van der Waals surface area contributed by atoms with Crippen LogP contribution < -0.4 is 10.1 Å². The van der Waals surface area contributed by atoms with Crippen LogP contribution in [0.5, 0.6) is 5.88 Å². The topological polar surface area (TPSA) is 69.0 Å². The zero-order valence-corrected chi connectivity index (χ0v) is 15.1. The minimum Gasteiger partial charge on any atom is -0.481 e. The number of carbonyl (C=O) groups excluding carboxylic acids is 1. The summed E-state index contributed by atoms with van der Waals surface area (Å²) in [5, 5.41) is 7.99. The van der Waals surface area contributed by atoms with E-state index in [1.807, 2.05) is 12.1 Å². The van der Waals surface area contributed by atoms with Crippen LogP contribution in [0.1, 0.15) is 15.9 Å². The molecule has 0 atom stereocenters. The molecule has 1 amide bonds. The van der Waals surface area contributed by atoms with E-state index in [2.05, 4.69) is 15.4 Å². The average molecular weight is 376 g/mol. The molecular formula is C21H17FN4O2. The summed E-state index contributed by atoms with van der Waals surface area (Å²) in [5.41, 5.74) is 2.89. The predicted octanol–water partition coefficient (Wildman–Crippen LogP) is 3.50. The van der Waals surface area contributed by atoms with Crippen molar-refractivity contribution in [2.75, 3.05) is 7.11 Å². The second-order valence-corrected chi connectivity index (χ2v) is 6.16. The largest absolute Gasteiger partial charge is 0.481 e. The van der Waals surface area contributed by atoms with E-state index in [4.69, 9.17) is 4.74 Å². The number of rotatable bonds is 5. The highest BCUT2D eigenvalue weighted by Gasteiger charge is 2.14. The standard InChI is InChI=1S/C21H17FN4O2/c1-28-20-11-14(9-10-23-20)12-24-21(27)17-3-2-4-19-18(17)13-25-26(19)16-7-5-15(22)6-8-16/h2-11,13H,12H2,1H3,(H,24,27). The van der Waals surface area contributed by atoms with Gasteiger partial charge in [-0.15, -0.1) is 0 Å². The Bertz CT molecular complexity index is 1140. The Morgan fingerprint density at radius 2 is 2.00 bits per heavy atom. The van der Waals surface area contributed by atoms with Gasteiger partial charge in [0, 0.05) is 24.2 Å². The summed E-state index contributed by atoms with van der Waals surface area (Å²) in [4.78, 5) is 16.8. The Morgan fingerprint density at radius 3 is 2.79 bits per heavy atom. The molecular weight excluding hydrogens is 359 g/mol. The first-order chi connectivity index (χ1) is 13.7. The zero-order chi connectivity index (χ0) is 19.5. The molecule has 28 heavy (non-hydrogen) atoms. The number of amides is 1. The summed E-state index contributed by atoms with van der Waals surface area (Å²) in [7, 11) is 1.55. The van der Waals surface area contributed by atoms with Gasteiger partial charge < -0.3 is 10.1 Å². The second-order valence-electron chi connectivity index (χ2n) is 6.16. The van der Waals surface area contributed by atoms with Crippen molar-refractivity contribution in [3.05, 3.63) is 83.9 Å². The minimum absolute atomic E-state index is 0.208. The first kappa shape index (κ1) is 17.7. The van der Waals surface area contributed by atoms with Crippen molar-refractivity contribution in [1.29, 1.82) is 0 Å². The zero-order valence-electron chi connectivity index (χ0n) is 15.1. The third-order valence-corrected chi connectivity index (χ3v) is 4.39. The number of hydrogen-bond donors (Lipinski definition) is 1. The van der Waals surface area contributed by atoms with E-state index < -0.39 is 0 Å². The maximum absolute atomic E-state index is 13.2. The first-order valence-electron chi connectivity index (χ1n) is 8.65. The van der Waals surface area contributed by atoms with Crippen LogP contribution in [0, 0.1) is 5.82 Å². The van der Waals surface area contributed by atoms with Crippen LogP contribution in [0.15, 0.2) is 67.0 Å². The molecule has 6 nitrogen and oxygen atoms in total. The molecule has 2 heterocycles. The maximum Gasteiger partial charge on any atom is 0.252 e. The molecule has 0 saturated carbocycles. The molecule has 0 radical (unpaired) electrons. The van der Waals surface area contributed by atoms with Crippen molar-refractivity contribution in [2.24, 2.45) is 0 Å². The smallest absolute Gasteiger partial charge is 0.252 e. The van der Waals surface area contributed by atoms with Crippen LogP contribution in [-0.4, -0.2) is 27.8 Å². The van der Waals surface area contributed by atoms with Crippen molar-refractivity contribution >= 4 is 16.8 Å². The molecule has 0 aliphatic carbocycles. The van der Waals surface area contributed by atoms with Crippen molar-refractivity contribution < 1.29 is 13.9 Å². The number of aromatic nitrogens is 3. The lowest BCUT2D eigenvalue weighted by molar-refractivity contribution is 0.0952. The van der Waals surface area contributed by atoms with E-state index >= 15 is 0 Å². The van der Waals surface area contributed by atoms with Gasteiger partial charge in [0.25, 0.3) is 5.91 Å². The van der Waals surface area contributed by atoms with Gasteiger partial charge in [-0.2, -0.15) is 5.10 Å². The van der Waals surface area contributed by atoms with Crippen LogP contribution in [-0.2, 0) is 6.54 Å². The molecule has 0 unspecified atom stereocenters. The molecule has 0 spiro atoms. The number of halogens is 1. The van der Waals surface area contributed by atoms with Gasteiger partial charge in [0.1, 0.15) is 5.82 Å². The van der Waals surface area contributed by atoms with Gasteiger partial charge in [-0.05, 0) is 48.0 Å². The number of carbonyl (C=O) groups is 1. The highest BCUT2D eigenvalue weighted by Crippen LogP contribution is 2.22. The molecule has 0 fully saturated rings. The SMILES string of the molecule is COc1cc(CNC(=O)c2cccc3c2cnn3-c2ccc(F)cc2)ccn1. The number of nitrogens with one attached hydrogen (secondary N) is 1. The summed E-state index contributed by atoms with van der Waals surface area (Å²) < 4.78 is 20.0. The molecule has 7 heteroatoms. The predicted molar refractivity (Wildman–Crippen MR) is 103 cm³/mol. The van der Waals surface area contributed by atoms with E-state index in [0.717, 1.165) is 22.2 Å². The Kier molecular flexibility index (Phi) is 4.72. The summed E-state index contributed by atoms with van der Waals surface area (Å²) in [6.07, 6.45) is 3.27. The van der Waals surface area contributed by atoms with E-state index in [1.165, 1.54) is 12.1 Å². The summed E-state index contributed by atoms with van der Waals surface area (Å²) in [6, 6.07) is 15.1. The fourth-order valence-electron chi connectivity index (χ4n) is 2.99. The van der Waals surface area contributed by atoms with Crippen molar-refractivity contribution in [3.63, 3.8) is 0 Å². The quantitative estimate of drug-likeness (QED) is 0.579. The van der Waals surface area contributed by atoms with Crippen LogP contribution in [0.3, 0.4) is 0 Å². The number of pyridine rings is 1. The molecule has 1 N–H and O–H groups in total. The molecule has 0 bridgehead atoms. The van der Waals surface area contributed by atoms with Crippen molar-refractivity contribution in [1.82, 2.24) is 20.1 Å². The van der Waals surface area contributed by atoms with Gasteiger partial charge in [0.15, 0.2) is 0 Å². The Labute approximate surface area is 160 Å². The number of nitrogens with zero attached hydrogens (tertiary/aromatic N) is 3. The minimum atomic E-state index is -0.312. The number of hydrogen-bond acceptors (Lipinski definition) is 4.